The summed E-state index contributed by atoms with van der Waals surface area (Å²) in [6.07, 6.45) is 1.46. The topological polar surface area (TPSA) is 102 Å². The zero-order valence-corrected chi connectivity index (χ0v) is 13.1. The highest BCUT2D eigenvalue weighted by Crippen LogP contribution is 2.10. The molecule has 2 heterocycles. The molecule has 0 saturated carbocycles. The Bertz CT molecular complexity index is 908. The predicted octanol–water partition coefficient (Wildman–Crippen LogP) is 1.18. The SMILES string of the molecule is Cc1nc(C(=O)NNC(=O)c2ccccn2)nn1-c1ccc(F)cc1. The number of hydrazine groups is 1. The van der Waals surface area contributed by atoms with Crippen molar-refractivity contribution in [3.8, 4) is 5.69 Å². The summed E-state index contributed by atoms with van der Waals surface area (Å²) in [5, 5.41) is 4.06. The molecule has 3 rings (SSSR count). The summed E-state index contributed by atoms with van der Waals surface area (Å²) in [4.78, 5) is 31.8. The van der Waals surface area contributed by atoms with E-state index in [1.54, 1.807) is 19.1 Å². The highest BCUT2D eigenvalue weighted by Gasteiger charge is 2.16. The summed E-state index contributed by atoms with van der Waals surface area (Å²) >= 11 is 0. The van der Waals surface area contributed by atoms with Gasteiger partial charge in [0.1, 0.15) is 17.3 Å². The van der Waals surface area contributed by atoms with Gasteiger partial charge in [-0.2, -0.15) is 0 Å². The molecule has 0 spiro atoms. The largest absolute Gasteiger partial charge is 0.309 e. The van der Waals surface area contributed by atoms with Gasteiger partial charge in [-0.3, -0.25) is 25.4 Å². The summed E-state index contributed by atoms with van der Waals surface area (Å²) in [5.74, 6) is -1.33. The van der Waals surface area contributed by atoms with Crippen LogP contribution in [-0.4, -0.2) is 31.6 Å². The summed E-state index contributed by atoms with van der Waals surface area (Å²) < 4.78 is 14.4. The number of aryl methyl sites for hydroxylation is 1. The molecular formula is C16H13FN6O2. The fourth-order valence-electron chi connectivity index (χ4n) is 2.04. The first-order valence-corrected chi connectivity index (χ1v) is 7.26. The Labute approximate surface area is 141 Å². The maximum absolute atomic E-state index is 13.0. The van der Waals surface area contributed by atoms with Gasteiger partial charge in [0.15, 0.2) is 0 Å². The van der Waals surface area contributed by atoms with Gasteiger partial charge in [0.05, 0.1) is 5.69 Å². The predicted molar refractivity (Wildman–Crippen MR) is 85.2 cm³/mol. The number of hydrogen-bond donors (Lipinski definition) is 2. The number of pyridine rings is 1. The number of amides is 2. The standard InChI is InChI=1S/C16H13FN6O2/c1-10-19-14(22-23(10)12-7-5-11(17)6-8-12)16(25)21-20-15(24)13-4-2-3-9-18-13/h2-9H,1H3,(H,20,24)(H,21,25). The average Bonchev–Trinajstić information content (AvgIpc) is 3.02. The molecule has 9 heteroatoms. The van der Waals surface area contributed by atoms with Crippen LogP contribution in [-0.2, 0) is 0 Å². The lowest BCUT2D eigenvalue weighted by Gasteiger charge is -2.04. The van der Waals surface area contributed by atoms with E-state index in [0.717, 1.165) is 0 Å². The van der Waals surface area contributed by atoms with Crippen molar-refractivity contribution in [3.05, 3.63) is 71.8 Å². The molecule has 2 N–H and O–H groups in total. The van der Waals surface area contributed by atoms with Crippen molar-refractivity contribution in [2.75, 3.05) is 0 Å². The number of benzene rings is 1. The monoisotopic (exact) mass is 340 g/mol. The molecule has 3 aromatic rings. The molecule has 0 bridgehead atoms. The van der Waals surface area contributed by atoms with Gasteiger partial charge in [-0.15, -0.1) is 5.10 Å². The van der Waals surface area contributed by atoms with Crippen molar-refractivity contribution < 1.29 is 14.0 Å². The van der Waals surface area contributed by atoms with E-state index in [1.165, 1.54) is 41.2 Å². The first-order valence-electron chi connectivity index (χ1n) is 7.26. The number of hydrogen-bond acceptors (Lipinski definition) is 5. The molecule has 8 nitrogen and oxygen atoms in total. The molecule has 0 fully saturated rings. The van der Waals surface area contributed by atoms with E-state index < -0.39 is 11.8 Å². The van der Waals surface area contributed by atoms with Gasteiger partial charge >= 0.3 is 5.91 Å². The first kappa shape index (κ1) is 16.2. The fourth-order valence-corrected chi connectivity index (χ4v) is 2.04. The Balaban J connectivity index is 1.70. The third-order valence-corrected chi connectivity index (χ3v) is 3.23. The quantitative estimate of drug-likeness (QED) is 0.697. The van der Waals surface area contributed by atoms with Crippen molar-refractivity contribution in [3.63, 3.8) is 0 Å². The zero-order valence-electron chi connectivity index (χ0n) is 13.1. The van der Waals surface area contributed by atoms with Gasteiger partial charge in [-0.05, 0) is 43.3 Å². The average molecular weight is 340 g/mol. The van der Waals surface area contributed by atoms with Gasteiger partial charge in [0.25, 0.3) is 5.91 Å². The Morgan fingerprint density at radius 1 is 1.04 bits per heavy atom. The van der Waals surface area contributed by atoms with Gasteiger partial charge in [0.2, 0.25) is 5.82 Å². The number of rotatable bonds is 3. The van der Waals surface area contributed by atoms with E-state index in [-0.39, 0.29) is 17.3 Å². The molecule has 2 amide bonds. The van der Waals surface area contributed by atoms with E-state index >= 15 is 0 Å². The van der Waals surface area contributed by atoms with Crippen LogP contribution >= 0.6 is 0 Å². The lowest BCUT2D eigenvalue weighted by molar-refractivity contribution is 0.0838. The molecule has 0 aliphatic rings. The van der Waals surface area contributed by atoms with Crippen LogP contribution in [0.2, 0.25) is 0 Å². The molecule has 0 radical (unpaired) electrons. The van der Waals surface area contributed by atoms with Crippen molar-refractivity contribution in [2.24, 2.45) is 0 Å². The number of aromatic nitrogens is 4. The Morgan fingerprint density at radius 2 is 1.76 bits per heavy atom. The van der Waals surface area contributed by atoms with E-state index in [2.05, 4.69) is 25.9 Å². The summed E-state index contributed by atoms with van der Waals surface area (Å²) in [6.45, 7) is 1.65. The minimum absolute atomic E-state index is 0.136. The Kier molecular flexibility index (Phi) is 4.46. The fraction of sp³-hybridized carbons (Fsp3) is 0.0625. The number of nitrogens with zero attached hydrogens (tertiary/aromatic N) is 4. The van der Waals surface area contributed by atoms with Gasteiger partial charge < -0.3 is 0 Å². The van der Waals surface area contributed by atoms with Crippen LogP contribution in [0.5, 0.6) is 0 Å². The highest BCUT2D eigenvalue weighted by molar-refractivity contribution is 5.96. The third-order valence-electron chi connectivity index (χ3n) is 3.23. The van der Waals surface area contributed by atoms with Crippen LogP contribution in [0, 0.1) is 12.7 Å². The van der Waals surface area contributed by atoms with E-state index in [0.29, 0.717) is 11.5 Å². The highest BCUT2D eigenvalue weighted by atomic mass is 19.1. The number of halogens is 1. The normalized spacial score (nSPS) is 10.3. The van der Waals surface area contributed by atoms with Crippen molar-refractivity contribution in [1.82, 2.24) is 30.6 Å². The van der Waals surface area contributed by atoms with Crippen molar-refractivity contribution >= 4 is 11.8 Å². The van der Waals surface area contributed by atoms with Crippen LogP contribution in [0.4, 0.5) is 4.39 Å². The lowest BCUT2D eigenvalue weighted by atomic mass is 10.3. The number of nitrogens with one attached hydrogen (secondary N) is 2. The van der Waals surface area contributed by atoms with Gasteiger partial charge in [-0.1, -0.05) is 6.07 Å². The van der Waals surface area contributed by atoms with E-state index in [1.807, 2.05) is 0 Å². The van der Waals surface area contributed by atoms with Crippen LogP contribution in [0.25, 0.3) is 5.69 Å². The van der Waals surface area contributed by atoms with Crippen LogP contribution in [0.15, 0.2) is 48.7 Å². The molecule has 126 valence electrons. The number of carbonyl (C=O) groups excluding carboxylic acids is 2. The molecule has 1 aromatic carbocycles. The van der Waals surface area contributed by atoms with Crippen LogP contribution in [0.3, 0.4) is 0 Å². The van der Waals surface area contributed by atoms with E-state index in [4.69, 9.17) is 0 Å². The van der Waals surface area contributed by atoms with E-state index in [9.17, 15) is 14.0 Å². The molecule has 2 aromatic heterocycles. The molecule has 0 aliphatic heterocycles. The molecular weight excluding hydrogens is 327 g/mol. The smallest absolute Gasteiger partial charge is 0.266 e. The van der Waals surface area contributed by atoms with Crippen molar-refractivity contribution in [2.45, 2.75) is 6.92 Å². The maximum atomic E-state index is 13.0. The Hall–Kier alpha value is -3.62. The minimum atomic E-state index is -0.687. The first-order chi connectivity index (χ1) is 12.0. The molecule has 25 heavy (non-hydrogen) atoms. The van der Waals surface area contributed by atoms with Crippen molar-refractivity contribution in [1.29, 1.82) is 0 Å². The van der Waals surface area contributed by atoms with Gasteiger partial charge in [-0.25, -0.2) is 14.1 Å². The van der Waals surface area contributed by atoms with Gasteiger partial charge in [0, 0.05) is 6.20 Å². The second kappa shape index (κ2) is 6.87. The zero-order chi connectivity index (χ0) is 17.8. The molecule has 0 aliphatic carbocycles. The molecule has 0 saturated heterocycles. The second-order valence-electron chi connectivity index (χ2n) is 4.99. The second-order valence-corrected chi connectivity index (χ2v) is 4.99. The van der Waals surface area contributed by atoms with Crippen LogP contribution < -0.4 is 10.9 Å². The molecule has 0 atom stereocenters. The third kappa shape index (κ3) is 3.66. The summed E-state index contributed by atoms with van der Waals surface area (Å²) in [7, 11) is 0. The summed E-state index contributed by atoms with van der Waals surface area (Å²) in [6, 6.07) is 10.4. The van der Waals surface area contributed by atoms with Crippen LogP contribution in [0.1, 0.15) is 26.9 Å². The molecule has 0 unspecified atom stereocenters. The Morgan fingerprint density at radius 3 is 2.44 bits per heavy atom. The number of carbonyl (C=O) groups is 2. The lowest BCUT2D eigenvalue weighted by Crippen LogP contribution is -2.42. The minimum Gasteiger partial charge on any atom is -0.266 e. The summed E-state index contributed by atoms with van der Waals surface area (Å²) in [5.41, 5.74) is 5.17. The maximum Gasteiger partial charge on any atom is 0.309 e.